The number of hydrogen-bond donors (Lipinski definition) is 3. The fraction of sp³-hybridized carbons (Fsp3) is 0.391. The first-order chi connectivity index (χ1) is 16.3. The van der Waals surface area contributed by atoms with E-state index in [9.17, 15) is 23.1 Å². The van der Waals surface area contributed by atoms with Gasteiger partial charge in [-0.15, -0.1) is 0 Å². The fourth-order valence-electron chi connectivity index (χ4n) is 3.98. The summed E-state index contributed by atoms with van der Waals surface area (Å²) in [4.78, 5) is 20.6. The number of hydrogen-bond acceptors (Lipinski definition) is 6. The molecule has 11 heteroatoms. The lowest BCUT2D eigenvalue weighted by molar-refractivity contribution is -0.0784. The van der Waals surface area contributed by atoms with E-state index < -0.39 is 34.6 Å². The molecule has 182 valence electrons. The molecule has 0 spiro atoms. The minimum Gasteiger partial charge on any atom is -0.385 e. The number of β-amino-alcohol motifs (C(OH)–C–C–N with tert-alkyl or cyclic N) is 1. The zero-order chi connectivity index (χ0) is 24.3. The molecule has 2 aliphatic heterocycles. The molecule has 0 atom stereocenters. The Morgan fingerprint density at radius 1 is 1.18 bits per heavy atom. The van der Waals surface area contributed by atoms with Crippen molar-refractivity contribution < 1.29 is 23.1 Å². The molecule has 1 fully saturated rings. The van der Waals surface area contributed by atoms with Gasteiger partial charge in [-0.1, -0.05) is 0 Å². The highest BCUT2D eigenvalue weighted by Gasteiger charge is 2.44. The van der Waals surface area contributed by atoms with E-state index >= 15 is 0 Å². The van der Waals surface area contributed by atoms with Gasteiger partial charge >= 0.3 is 0 Å². The van der Waals surface area contributed by atoms with Gasteiger partial charge in [-0.25, -0.2) is 13.2 Å². The molecule has 0 radical (unpaired) electrons. The number of nitrogens with zero attached hydrogens (tertiary/aromatic N) is 3. The number of aliphatic hydroxyl groups is 1. The Labute approximate surface area is 209 Å². The largest absolute Gasteiger partial charge is 0.385 e. The number of amides is 1. The van der Waals surface area contributed by atoms with Crippen LogP contribution in [0.4, 0.5) is 24.5 Å². The molecular weight excluding hydrogens is 562 g/mol. The van der Waals surface area contributed by atoms with Crippen LogP contribution in [-0.2, 0) is 0 Å². The molecule has 2 aromatic rings. The SMILES string of the molecule is O=C(c1ccc(F)c(F)c1Nc1ccc(I)cc1F)N1CC(O)(CNCCCN2C=NCC2)C1. The monoisotopic (exact) mass is 587 g/mol. The van der Waals surface area contributed by atoms with E-state index in [1.54, 1.807) is 6.07 Å². The van der Waals surface area contributed by atoms with Crippen molar-refractivity contribution in [1.29, 1.82) is 0 Å². The van der Waals surface area contributed by atoms with Crippen molar-refractivity contribution >= 4 is 46.2 Å². The molecule has 7 nitrogen and oxygen atoms in total. The van der Waals surface area contributed by atoms with Crippen molar-refractivity contribution in [2.75, 3.05) is 51.1 Å². The van der Waals surface area contributed by atoms with Crippen molar-refractivity contribution in [2.24, 2.45) is 4.99 Å². The summed E-state index contributed by atoms with van der Waals surface area (Å²) < 4.78 is 43.4. The molecular formula is C23H25F3IN5O2. The van der Waals surface area contributed by atoms with Crippen LogP contribution in [0, 0.1) is 21.0 Å². The Hall–Kier alpha value is -2.38. The maximum atomic E-state index is 14.6. The summed E-state index contributed by atoms with van der Waals surface area (Å²) in [7, 11) is 0. The van der Waals surface area contributed by atoms with Crippen molar-refractivity contribution in [3.8, 4) is 0 Å². The Kier molecular flexibility index (Phi) is 7.63. The second-order valence-electron chi connectivity index (χ2n) is 8.51. The molecule has 0 aromatic heterocycles. The Balaban J connectivity index is 1.35. The fourth-order valence-corrected chi connectivity index (χ4v) is 4.43. The molecule has 2 heterocycles. The van der Waals surface area contributed by atoms with Gasteiger partial charge in [-0.05, 0) is 65.9 Å². The summed E-state index contributed by atoms with van der Waals surface area (Å²) in [6, 6.07) is 6.25. The van der Waals surface area contributed by atoms with Crippen LogP contribution >= 0.6 is 22.6 Å². The molecule has 2 aliphatic rings. The zero-order valence-corrected chi connectivity index (χ0v) is 20.5. The minimum atomic E-state index is -1.27. The van der Waals surface area contributed by atoms with Gasteiger partial charge in [0.2, 0.25) is 0 Å². The Morgan fingerprint density at radius 2 is 1.97 bits per heavy atom. The van der Waals surface area contributed by atoms with Gasteiger partial charge in [0.15, 0.2) is 11.6 Å². The number of halogens is 4. The molecule has 3 N–H and O–H groups in total. The van der Waals surface area contributed by atoms with Crippen LogP contribution in [0.3, 0.4) is 0 Å². The molecule has 1 saturated heterocycles. The first kappa shape index (κ1) is 24.7. The lowest BCUT2D eigenvalue weighted by Crippen LogP contribution is -2.67. The van der Waals surface area contributed by atoms with Crippen molar-refractivity contribution in [3.05, 3.63) is 56.9 Å². The zero-order valence-electron chi connectivity index (χ0n) is 18.3. The number of rotatable bonds is 9. The Morgan fingerprint density at radius 3 is 2.68 bits per heavy atom. The second kappa shape index (κ2) is 10.5. The van der Waals surface area contributed by atoms with Crippen LogP contribution in [0.2, 0.25) is 0 Å². The normalized spacial score (nSPS) is 16.6. The van der Waals surface area contributed by atoms with Crippen molar-refractivity contribution in [1.82, 2.24) is 15.1 Å². The van der Waals surface area contributed by atoms with Crippen LogP contribution < -0.4 is 10.6 Å². The third kappa shape index (κ3) is 5.63. The van der Waals surface area contributed by atoms with Gasteiger partial charge in [0.1, 0.15) is 11.4 Å². The first-order valence-electron chi connectivity index (χ1n) is 10.9. The topological polar surface area (TPSA) is 80.2 Å². The quantitative estimate of drug-likeness (QED) is 0.311. The van der Waals surface area contributed by atoms with Gasteiger partial charge in [0.05, 0.1) is 42.9 Å². The lowest BCUT2D eigenvalue weighted by atomic mass is 9.92. The smallest absolute Gasteiger partial charge is 0.256 e. The van der Waals surface area contributed by atoms with Crippen LogP contribution in [0.5, 0.6) is 0 Å². The molecule has 1 amide bonds. The van der Waals surface area contributed by atoms with E-state index in [1.165, 1.54) is 17.0 Å². The number of carbonyl (C=O) groups excluding carboxylic acids is 1. The molecule has 0 aliphatic carbocycles. The standard InChI is InChI=1S/C23H25F3IN5O2/c24-17-4-3-16(21(20(17)26)30-19-5-2-15(27)10-18(19)25)22(33)32-12-23(34,13-32)11-28-6-1-8-31-9-7-29-14-31/h2-5,10,14,28,30,34H,1,6-9,11-13H2. The summed E-state index contributed by atoms with van der Waals surface area (Å²) in [5.41, 5.74) is -1.76. The molecule has 34 heavy (non-hydrogen) atoms. The van der Waals surface area contributed by atoms with Gasteiger partial charge in [0.25, 0.3) is 5.91 Å². The molecule has 0 unspecified atom stereocenters. The third-order valence-electron chi connectivity index (χ3n) is 5.79. The molecule has 4 rings (SSSR count). The van der Waals surface area contributed by atoms with Crippen LogP contribution in [0.15, 0.2) is 35.3 Å². The number of likely N-dealkylation sites (tertiary alicyclic amines) is 1. The van der Waals surface area contributed by atoms with Gasteiger partial charge in [-0.3, -0.25) is 9.79 Å². The van der Waals surface area contributed by atoms with E-state index in [1.807, 2.05) is 28.9 Å². The molecule has 0 bridgehead atoms. The highest BCUT2D eigenvalue weighted by atomic mass is 127. The van der Waals surface area contributed by atoms with Crippen molar-refractivity contribution in [2.45, 2.75) is 12.0 Å². The highest BCUT2D eigenvalue weighted by molar-refractivity contribution is 14.1. The summed E-state index contributed by atoms with van der Waals surface area (Å²) in [6.45, 7) is 3.75. The number of anilines is 2. The highest BCUT2D eigenvalue weighted by Crippen LogP contribution is 2.31. The summed E-state index contributed by atoms with van der Waals surface area (Å²) in [6.07, 6.45) is 2.74. The summed E-state index contributed by atoms with van der Waals surface area (Å²) in [5.74, 6) is -3.67. The van der Waals surface area contributed by atoms with Crippen LogP contribution in [-0.4, -0.2) is 78.6 Å². The summed E-state index contributed by atoms with van der Waals surface area (Å²) >= 11 is 1.93. The predicted octanol–water partition coefficient (Wildman–Crippen LogP) is 2.96. The molecule has 2 aromatic carbocycles. The third-order valence-corrected chi connectivity index (χ3v) is 6.46. The van der Waals surface area contributed by atoms with E-state index in [4.69, 9.17) is 0 Å². The van der Waals surface area contributed by atoms with Crippen LogP contribution in [0.1, 0.15) is 16.8 Å². The second-order valence-corrected chi connectivity index (χ2v) is 9.75. The first-order valence-corrected chi connectivity index (χ1v) is 12.0. The van der Waals surface area contributed by atoms with Crippen LogP contribution in [0.25, 0.3) is 0 Å². The van der Waals surface area contributed by atoms with E-state index in [0.29, 0.717) is 16.7 Å². The van der Waals surface area contributed by atoms with Crippen molar-refractivity contribution in [3.63, 3.8) is 0 Å². The maximum Gasteiger partial charge on any atom is 0.256 e. The number of aliphatic imine (C=N–C) groups is 1. The van der Waals surface area contributed by atoms with E-state index in [2.05, 4.69) is 20.5 Å². The number of nitrogens with one attached hydrogen (secondary N) is 2. The van der Waals surface area contributed by atoms with E-state index in [0.717, 1.165) is 38.2 Å². The molecule has 0 saturated carbocycles. The number of carbonyl (C=O) groups is 1. The van der Waals surface area contributed by atoms with Gasteiger partial charge in [0, 0.05) is 23.2 Å². The van der Waals surface area contributed by atoms with Gasteiger partial charge in [-0.2, -0.15) is 0 Å². The minimum absolute atomic E-state index is 0.0495. The Bertz CT molecular complexity index is 1090. The average Bonchev–Trinajstić information content (AvgIpc) is 3.30. The maximum absolute atomic E-state index is 14.6. The summed E-state index contributed by atoms with van der Waals surface area (Å²) in [5, 5.41) is 16.4. The number of benzene rings is 2. The van der Waals surface area contributed by atoms with Gasteiger partial charge < -0.3 is 25.5 Å². The predicted molar refractivity (Wildman–Crippen MR) is 132 cm³/mol. The average molecular weight is 587 g/mol. The lowest BCUT2D eigenvalue weighted by Gasteiger charge is -2.46. The van der Waals surface area contributed by atoms with E-state index in [-0.39, 0.29) is 24.3 Å².